The Hall–Kier alpha value is -1.43. The first-order chi connectivity index (χ1) is 11.0. The lowest BCUT2D eigenvalue weighted by molar-refractivity contribution is 0.527. The Morgan fingerprint density at radius 1 is 1.17 bits per heavy atom. The molecule has 1 N–H and O–H groups in total. The first kappa shape index (κ1) is 18.9. The fourth-order valence-electron chi connectivity index (χ4n) is 3.29. The summed E-state index contributed by atoms with van der Waals surface area (Å²) in [5.41, 5.74) is 2.32. The molecule has 0 saturated heterocycles. The van der Waals surface area contributed by atoms with E-state index in [0.29, 0.717) is 5.92 Å². The molecule has 2 aromatic rings. The van der Waals surface area contributed by atoms with Crippen molar-refractivity contribution in [2.75, 3.05) is 13.6 Å². The number of hydrogen-bond donors (Lipinski definition) is 1. The van der Waals surface area contributed by atoms with Crippen molar-refractivity contribution in [3.63, 3.8) is 0 Å². The maximum Gasteiger partial charge on any atom is 0.206 e. The predicted octanol–water partition coefficient (Wildman–Crippen LogP) is 3.72. The highest BCUT2D eigenvalue weighted by Gasteiger charge is 2.24. The lowest BCUT2D eigenvalue weighted by Gasteiger charge is -2.25. The summed E-state index contributed by atoms with van der Waals surface area (Å²) in [5.74, 6) is -0.118. The molecule has 0 bridgehead atoms. The minimum Gasteiger partial charge on any atom is -0.319 e. The van der Waals surface area contributed by atoms with Gasteiger partial charge in [-0.25, -0.2) is 12.8 Å². The molecule has 3 rings (SSSR count). The van der Waals surface area contributed by atoms with E-state index in [1.54, 1.807) is 12.1 Å². The van der Waals surface area contributed by atoms with E-state index in [9.17, 15) is 12.8 Å². The third-order valence-corrected chi connectivity index (χ3v) is 6.17. The summed E-state index contributed by atoms with van der Waals surface area (Å²) in [6, 6.07) is 10.5. The van der Waals surface area contributed by atoms with E-state index in [-0.39, 0.29) is 22.2 Å². The van der Waals surface area contributed by atoms with E-state index in [1.165, 1.54) is 23.8 Å². The Balaban J connectivity index is 0.00000208. The zero-order chi connectivity index (χ0) is 16.4. The van der Waals surface area contributed by atoms with E-state index in [1.807, 2.05) is 13.1 Å². The molecular weight excluding hydrogens is 349 g/mol. The number of rotatable bonds is 4. The molecule has 1 atom stereocenters. The van der Waals surface area contributed by atoms with Gasteiger partial charge in [0.25, 0.3) is 0 Å². The maximum absolute atomic E-state index is 13.4. The second-order valence-corrected chi connectivity index (χ2v) is 7.92. The third kappa shape index (κ3) is 3.63. The van der Waals surface area contributed by atoms with Gasteiger partial charge in [0.2, 0.25) is 9.84 Å². The van der Waals surface area contributed by atoms with E-state index in [0.717, 1.165) is 37.4 Å². The van der Waals surface area contributed by atoms with Gasteiger partial charge in [0, 0.05) is 6.54 Å². The third-order valence-electron chi connectivity index (χ3n) is 4.42. The summed E-state index contributed by atoms with van der Waals surface area (Å²) >= 11 is 0. The van der Waals surface area contributed by atoms with Crippen molar-refractivity contribution in [1.82, 2.24) is 5.32 Å². The Kier molecular flexibility index (Phi) is 6.01. The van der Waals surface area contributed by atoms with Crippen molar-refractivity contribution in [2.45, 2.75) is 35.0 Å². The molecular formula is C18H21ClFNO2S. The van der Waals surface area contributed by atoms with Gasteiger partial charge in [-0.05, 0) is 73.7 Å². The van der Waals surface area contributed by atoms with Gasteiger partial charge in [-0.3, -0.25) is 0 Å². The van der Waals surface area contributed by atoms with Gasteiger partial charge in [-0.1, -0.05) is 12.1 Å². The highest BCUT2D eigenvalue weighted by molar-refractivity contribution is 7.91. The second-order valence-electron chi connectivity index (χ2n) is 5.97. The van der Waals surface area contributed by atoms with Crippen LogP contribution in [0.4, 0.5) is 4.39 Å². The zero-order valence-electron chi connectivity index (χ0n) is 13.5. The molecule has 2 aromatic carbocycles. The smallest absolute Gasteiger partial charge is 0.206 e. The van der Waals surface area contributed by atoms with E-state index >= 15 is 0 Å². The quantitative estimate of drug-likeness (QED) is 0.893. The largest absolute Gasteiger partial charge is 0.319 e. The van der Waals surface area contributed by atoms with Crippen LogP contribution in [-0.4, -0.2) is 22.0 Å². The molecule has 6 heteroatoms. The van der Waals surface area contributed by atoms with Crippen molar-refractivity contribution in [3.05, 3.63) is 59.4 Å². The summed E-state index contributed by atoms with van der Waals surface area (Å²) in [6.07, 6.45) is 3.06. The van der Waals surface area contributed by atoms with Crippen LogP contribution >= 0.6 is 12.4 Å². The van der Waals surface area contributed by atoms with Crippen LogP contribution in [0.3, 0.4) is 0 Å². The van der Waals surface area contributed by atoms with Gasteiger partial charge >= 0.3 is 0 Å². The second kappa shape index (κ2) is 7.64. The van der Waals surface area contributed by atoms with E-state index in [4.69, 9.17) is 0 Å². The molecule has 24 heavy (non-hydrogen) atoms. The Bertz CT molecular complexity index is 824. The molecule has 0 saturated carbocycles. The van der Waals surface area contributed by atoms with Crippen LogP contribution < -0.4 is 5.32 Å². The predicted molar refractivity (Wildman–Crippen MR) is 95.1 cm³/mol. The molecule has 1 aliphatic rings. The Morgan fingerprint density at radius 2 is 1.92 bits per heavy atom. The molecule has 0 aliphatic heterocycles. The number of likely N-dealkylation sites (N-methyl/N-ethyl adjacent to an activating group) is 1. The Morgan fingerprint density at radius 3 is 2.62 bits per heavy atom. The number of hydrogen-bond acceptors (Lipinski definition) is 3. The molecule has 0 fully saturated rings. The van der Waals surface area contributed by atoms with Crippen molar-refractivity contribution < 1.29 is 12.8 Å². The average molecular weight is 370 g/mol. The van der Waals surface area contributed by atoms with Gasteiger partial charge in [-0.15, -0.1) is 12.4 Å². The molecule has 0 heterocycles. The number of nitrogens with one attached hydrogen (secondary N) is 1. The average Bonchev–Trinajstić information content (AvgIpc) is 2.55. The first-order valence-electron chi connectivity index (χ1n) is 7.80. The number of benzene rings is 2. The van der Waals surface area contributed by atoms with Gasteiger partial charge in [0.05, 0.1) is 9.79 Å². The standard InChI is InChI=1S/C18H20FNO2S.ClH/c1-20-12-14-5-2-4-13-10-17(8-9-18(13)14)23(21,22)16-7-3-6-15(19)11-16;/h3,6-11,14,20H,2,4-5,12H2,1H3;1H. The minimum atomic E-state index is -3.68. The molecule has 3 nitrogen and oxygen atoms in total. The van der Waals surface area contributed by atoms with Gasteiger partial charge in [-0.2, -0.15) is 0 Å². The fourth-order valence-corrected chi connectivity index (χ4v) is 4.63. The van der Waals surface area contributed by atoms with E-state index < -0.39 is 15.7 Å². The molecule has 0 spiro atoms. The van der Waals surface area contributed by atoms with Crippen LogP contribution in [-0.2, 0) is 16.3 Å². The molecule has 130 valence electrons. The summed E-state index contributed by atoms with van der Waals surface area (Å²) in [7, 11) is -1.75. The van der Waals surface area contributed by atoms with Gasteiger partial charge < -0.3 is 5.32 Å². The summed E-state index contributed by atoms with van der Waals surface area (Å²) in [5, 5.41) is 3.20. The fraction of sp³-hybridized carbons (Fsp3) is 0.333. The van der Waals surface area contributed by atoms with Crippen LogP contribution in [0.25, 0.3) is 0 Å². The lowest BCUT2D eigenvalue weighted by atomic mass is 9.83. The topological polar surface area (TPSA) is 46.2 Å². The van der Waals surface area contributed by atoms with E-state index in [2.05, 4.69) is 5.32 Å². The zero-order valence-corrected chi connectivity index (χ0v) is 15.1. The lowest BCUT2D eigenvalue weighted by Crippen LogP contribution is -2.21. The normalized spacial score (nSPS) is 17.0. The highest BCUT2D eigenvalue weighted by Crippen LogP contribution is 2.33. The van der Waals surface area contributed by atoms with Crippen molar-refractivity contribution in [3.8, 4) is 0 Å². The van der Waals surface area contributed by atoms with Crippen LogP contribution in [0.15, 0.2) is 52.3 Å². The molecule has 0 aromatic heterocycles. The van der Waals surface area contributed by atoms with Crippen molar-refractivity contribution in [2.24, 2.45) is 0 Å². The molecule has 0 radical (unpaired) electrons. The summed E-state index contributed by atoms with van der Waals surface area (Å²) < 4.78 is 38.8. The SMILES string of the molecule is CNCC1CCCc2cc(S(=O)(=O)c3cccc(F)c3)ccc21.Cl. The highest BCUT2D eigenvalue weighted by atomic mass is 35.5. The molecule has 1 aliphatic carbocycles. The number of fused-ring (bicyclic) bond motifs is 1. The maximum atomic E-state index is 13.4. The number of sulfone groups is 1. The monoisotopic (exact) mass is 369 g/mol. The van der Waals surface area contributed by atoms with Gasteiger partial charge in [0.1, 0.15) is 5.82 Å². The minimum absolute atomic E-state index is 0. The summed E-state index contributed by atoms with van der Waals surface area (Å²) in [6.45, 7) is 0.892. The van der Waals surface area contributed by atoms with Crippen molar-refractivity contribution in [1.29, 1.82) is 0 Å². The summed E-state index contributed by atoms with van der Waals surface area (Å²) in [4.78, 5) is 0.243. The van der Waals surface area contributed by atoms with Gasteiger partial charge in [0.15, 0.2) is 0 Å². The molecule has 1 unspecified atom stereocenters. The van der Waals surface area contributed by atoms with Crippen molar-refractivity contribution >= 4 is 22.2 Å². The number of aryl methyl sites for hydroxylation is 1. The van der Waals surface area contributed by atoms with Crippen LogP contribution in [0, 0.1) is 5.82 Å². The van der Waals surface area contributed by atoms with Crippen LogP contribution in [0.1, 0.15) is 29.9 Å². The Labute approximate surface area is 148 Å². The first-order valence-corrected chi connectivity index (χ1v) is 9.29. The number of halogens is 2. The van der Waals surface area contributed by atoms with Crippen LogP contribution in [0.5, 0.6) is 0 Å². The van der Waals surface area contributed by atoms with Crippen LogP contribution in [0.2, 0.25) is 0 Å². The molecule has 0 amide bonds.